The first-order chi connectivity index (χ1) is 7.50. The molecule has 0 saturated heterocycles. The SMILES string of the molecule is CC(C)CNCC1CCC(C(C)C)CC1C. The summed E-state index contributed by atoms with van der Waals surface area (Å²) in [6.45, 7) is 14.2. The minimum absolute atomic E-state index is 0.780. The van der Waals surface area contributed by atoms with Gasteiger partial charge in [0, 0.05) is 0 Å². The van der Waals surface area contributed by atoms with Crippen molar-refractivity contribution in [3.8, 4) is 0 Å². The molecule has 0 aromatic rings. The summed E-state index contributed by atoms with van der Waals surface area (Å²) >= 11 is 0. The monoisotopic (exact) mass is 225 g/mol. The smallest absolute Gasteiger partial charge is 0.00179 e. The summed E-state index contributed by atoms with van der Waals surface area (Å²) in [5.41, 5.74) is 0. The number of hydrogen-bond acceptors (Lipinski definition) is 1. The molecule has 1 saturated carbocycles. The molecule has 1 rings (SSSR count). The quantitative estimate of drug-likeness (QED) is 0.747. The van der Waals surface area contributed by atoms with Crippen LogP contribution in [0.4, 0.5) is 0 Å². The molecular formula is C15H31N. The second-order valence-electron chi connectivity index (χ2n) is 6.61. The Bertz CT molecular complexity index is 184. The Morgan fingerprint density at radius 3 is 2.31 bits per heavy atom. The van der Waals surface area contributed by atoms with Crippen molar-refractivity contribution in [1.29, 1.82) is 0 Å². The normalized spacial score (nSPS) is 31.3. The van der Waals surface area contributed by atoms with E-state index in [1.165, 1.54) is 32.4 Å². The van der Waals surface area contributed by atoms with Gasteiger partial charge in [0.05, 0.1) is 0 Å². The highest BCUT2D eigenvalue weighted by atomic mass is 14.9. The Labute approximate surface area is 102 Å². The molecule has 1 nitrogen and oxygen atoms in total. The molecular weight excluding hydrogens is 194 g/mol. The zero-order chi connectivity index (χ0) is 12.1. The van der Waals surface area contributed by atoms with Crippen LogP contribution < -0.4 is 5.32 Å². The van der Waals surface area contributed by atoms with E-state index in [4.69, 9.17) is 0 Å². The molecule has 1 heteroatoms. The van der Waals surface area contributed by atoms with Gasteiger partial charge in [-0.25, -0.2) is 0 Å². The Morgan fingerprint density at radius 2 is 1.81 bits per heavy atom. The van der Waals surface area contributed by atoms with E-state index in [0.717, 1.165) is 29.6 Å². The van der Waals surface area contributed by atoms with Crippen LogP contribution in [-0.2, 0) is 0 Å². The minimum Gasteiger partial charge on any atom is -0.316 e. The van der Waals surface area contributed by atoms with Crippen LogP contribution in [0, 0.1) is 29.6 Å². The predicted octanol–water partition coefficient (Wildman–Crippen LogP) is 3.94. The van der Waals surface area contributed by atoms with Crippen molar-refractivity contribution in [3.63, 3.8) is 0 Å². The van der Waals surface area contributed by atoms with Crippen molar-refractivity contribution in [2.24, 2.45) is 29.6 Å². The average molecular weight is 225 g/mol. The molecule has 3 atom stereocenters. The highest BCUT2D eigenvalue weighted by molar-refractivity contribution is 4.80. The van der Waals surface area contributed by atoms with E-state index in [-0.39, 0.29) is 0 Å². The van der Waals surface area contributed by atoms with Crippen molar-refractivity contribution in [2.45, 2.75) is 53.9 Å². The first-order valence-electron chi connectivity index (χ1n) is 7.21. The van der Waals surface area contributed by atoms with Gasteiger partial charge in [0.2, 0.25) is 0 Å². The number of rotatable bonds is 5. The van der Waals surface area contributed by atoms with Gasteiger partial charge in [-0.1, -0.05) is 34.6 Å². The molecule has 0 spiro atoms. The van der Waals surface area contributed by atoms with E-state index in [1.54, 1.807) is 0 Å². The molecule has 3 unspecified atom stereocenters. The van der Waals surface area contributed by atoms with E-state index in [1.807, 2.05) is 0 Å². The maximum Gasteiger partial charge on any atom is -0.00179 e. The zero-order valence-electron chi connectivity index (χ0n) is 11.9. The Balaban J connectivity index is 2.25. The topological polar surface area (TPSA) is 12.0 Å². The Kier molecular flexibility index (Phi) is 5.82. The zero-order valence-corrected chi connectivity index (χ0v) is 11.9. The second-order valence-corrected chi connectivity index (χ2v) is 6.61. The molecule has 96 valence electrons. The fraction of sp³-hybridized carbons (Fsp3) is 1.00. The van der Waals surface area contributed by atoms with E-state index >= 15 is 0 Å². The van der Waals surface area contributed by atoms with Gasteiger partial charge in [0.1, 0.15) is 0 Å². The fourth-order valence-corrected chi connectivity index (χ4v) is 2.97. The first kappa shape index (κ1) is 14.0. The van der Waals surface area contributed by atoms with Gasteiger partial charge in [-0.3, -0.25) is 0 Å². The van der Waals surface area contributed by atoms with Crippen LogP contribution >= 0.6 is 0 Å². The van der Waals surface area contributed by atoms with Crippen molar-refractivity contribution < 1.29 is 0 Å². The molecule has 0 radical (unpaired) electrons. The number of hydrogen-bond donors (Lipinski definition) is 1. The van der Waals surface area contributed by atoms with Crippen LogP contribution in [0.5, 0.6) is 0 Å². The molecule has 0 aromatic heterocycles. The summed E-state index contributed by atoms with van der Waals surface area (Å²) < 4.78 is 0. The van der Waals surface area contributed by atoms with Gasteiger partial charge in [0.15, 0.2) is 0 Å². The molecule has 0 aliphatic heterocycles. The summed E-state index contributed by atoms with van der Waals surface area (Å²) in [6, 6.07) is 0. The van der Waals surface area contributed by atoms with Crippen LogP contribution in [0.1, 0.15) is 53.9 Å². The van der Waals surface area contributed by atoms with E-state index in [9.17, 15) is 0 Å². The van der Waals surface area contributed by atoms with Gasteiger partial charge < -0.3 is 5.32 Å². The Hall–Kier alpha value is -0.0400. The molecule has 0 amide bonds. The highest BCUT2D eigenvalue weighted by Crippen LogP contribution is 2.36. The molecule has 16 heavy (non-hydrogen) atoms. The summed E-state index contributed by atoms with van der Waals surface area (Å²) in [5, 5.41) is 3.63. The van der Waals surface area contributed by atoms with Crippen molar-refractivity contribution in [2.75, 3.05) is 13.1 Å². The van der Waals surface area contributed by atoms with E-state index < -0.39 is 0 Å². The van der Waals surface area contributed by atoms with Crippen molar-refractivity contribution in [1.82, 2.24) is 5.32 Å². The molecule has 1 fully saturated rings. The Morgan fingerprint density at radius 1 is 1.12 bits per heavy atom. The lowest BCUT2D eigenvalue weighted by Crippen LogP contribution is -2.34. The standard InChI is InChI=1S/C15H31N/c1-11(2)9-16-10-15-7-6-14(12(3)4)8-13(15)5/h11-16H,6-10H2,1-5H3. The maximum absolute atomic E-state index is 3.63. The molecule has 0 bridgehead atoms. The third-order valence-electron chi connectivity index (χ3n) is 4.29. The molecule has 1 aliphatic carbocycles. The van der Waals surface area contributed by atoms with Gasteiger partial charge in [-0.05, 0) is 61.9 Å². The summed E-state index contributed by atoms with van der Waals surface area (Å²) in [7, 11) is 0. The van der Waals surface area contributed by atoms with Gasteiger partial charge >= 0.3 is 0 Å². The summed E-state index contributed by atoms with van der Waals surface area (Å²) in [4.78, 5) is 0. The van der Waals surface area contributed by atoms with E-state index in [2.05, 4.69) is 39.9 Å². The second kappa shape index (κ2) is 6.64. The van der Waals surface area contributed by atoms with Gasteiger partial charge in [-0.2, -0.15) is 0 Å². The maximum atomic E-state index is 3.63. The first-order valence-corrected chi connectivity index (χ1v) is 7.21. The predicted molar refractivity (Wildman–Crippen MR) is 72.5 cm³/mol. The average Bonchev–Trinajstić information content (AvgIpc) is 2.19. The lowest BCUT2D eigenvalue weighted by molar-refractivity contribution is 0.156. The molecule has 0 aromatic carbocycles. The fourth-order valence-electron chi connectivity index (χ4n) is 2.97. The lowest BCUT2D eigenvalue weighted by atomic mass is 9.71. The van der Waals surface area contributed by atoms with Crippen molar-refractivity contribution >= 4 is 0 Å². The van der Waals surface area contributed by atoms with Gasteiger partial charge in [0.25, 0.3) is 0 Å². The number of nitrogens with one attached hydrogen (secondary N) is 1. The van der Waals surface area contributed by atoms with Crippen LogP contribution in [0.2, 0.25) is 0 Å². The third kappa shape index (κ3) is 4.45. The molecule has 1 N–H and O–H groups in total. The summed E-state index contributed by atoms with van der Waals surface area (Å²) in [5.74, 6) is 4.49. The molecule has 0 heterocycles. The summed E-state index contributed by atoms with van der Waals surface area (Å²) in [6.07, 6.45) is 4.34. The molecule has 1 aliphatic rings. The minimum atomic E-state index is 0.780. The van der Waals surface area contributed by atoms with Crippen molar-refractivity contribution in [3.05, 3.63) is 0 Å². The van der Waals surface area contributed by atoms with Crippen LogP contribution in [0.25, 0.3) is 0 Å². The lowest BCUT2D eigenvalue weighted by Gasteiger charge is -2.36. The highest BCUT2D eigenvalue weighted by Gasteiger charge is 2.28. The van der Waals surface area contributed by atoms with E-state index in [0.29, 0.717) is 0 Å². The largest absolute Gasteiger partial charge is 0.316 e. The van der Waals surface area contributed by atoms with Crippen LogP contribution in [0.15, 0.2) is 0 Å². The van der Waals surface area contributed by atoms with Crippen LogP contribution in [-0.4, -0.2) is 13.1 Å². The van der Waals surface area contributed by atoms with Crippen LogP contribution in [0.3, 0.4) is 0 Å². The third-order valence-corrected chi connectivity index (χ3v) is 4.29. The van der Waals surface area contributed by atoms with Gasteiger partial charge in [-0.15, -0.1) is 0 Å².